The molecule has 0 atom stereocenters. The van der Waals surface area contributed by atoms with Crippen molar-refractivity contribution in [3.8, 4) is 0 Å². The Morgan fingerprint density at radius 1 is 1.39 bits per heavy atom. The lowest BCUT2D eigenvalue weighted by Crippen LogP contribution is -2.17. The van der Waals surface area contributed by atoms with E-state index < -0.39 is 0 Å². The molecule has 1 aliphatic rings. The van der Waals surface area contributed by atoms with E-state index in [0.717, 1.165) is 11.9 Å². The molecule has 94 valence electrons. The summed E-state index contributed by atoms with van der Waals surface area (Å²) in [6, 6.07) is 4.36. The van der Waals surface area contributed by atoms with E-state index in [1.54, 1.807) is 0 Å². The Bertz CT molecular complexity index is 565. The molecule has 0 N–H and O–H groups in total. The number of pyridine rings is 1. The Kier molecular flexibility index (Phi) is 3.33. The third-order valence-electron chi connectivity index (χ3n) is 3.37. The highest BCUT2D eigenvalue weighted by atomic mass is 32.1. The van der Waals surface area contributed by atoms with Crippen LogP contribution in [0.15, 0.2) is 24.4 Å². The van der Waals surface area contributed by atoms with Gasteiger partial charge < -0.3 is 4.90 Å². The summed E-state index contributed by atoms with van der Waals surface area (Å²) in [4.78, 5) is 8.30. The van der Waals surface area contributed by atoms with E-state index in [1.807, 2.05) is 17.5 Å². The van der Waals surface area contributed by atoms with Crippen LogP contribution < -0.4 is 4.90 Å². The largest absolute Gasteiger partial charge is 0.370 e. The first-order chi connectivity index (χ1) is 8.88. The van der Waals surface area contributed by atoms with Crippen LogP contribution in [0.1, 0.15) is 31.1 Å². The van der Waals surface area contributed by atoms with Crippen molar-refractivity contribution in [2.45, 2.75) is 26.2 Å². The van der Waals surface area contributed by atoms with Crippen LogP contribution >= 0.6 is 11.3 Å². The zero-order valence-corrected chi connectivity index (χ0v) is 11.5. The minimum atomic E-state index is 1.08. The van der Waals surface area contributed by atoms with E-state index in [4.69, 9.17) is 0 Å². The Morgan fingerprint density at radius 3 is 3.00 bits per heavy atom. The van der Waals surface area contributed by atoms with Gasteiger partial charge in [-0.25, -0.2) is 0 Å². The molecule has 1 aliphatic heterocycles. The summed E-state index contributed by atoms with van der Waals surface area (Å²) in [6.45, 7) is 4.55. The first kappa shape index (κ1) is 11.7. The number of rotatable bonds is 3. The summed E-state index contributed by atoms with van der Waals surface area (Å²) in [6.07, 6.45) is 10.1. The predicted molar refractivity (Wildman–Crippen MR) is 80.4 cm³/mol. The molecule has 0 amide bonds. The summed E-state index contributed by atoms with van der Waals surface area (Å²) in [5, 5.41) is 0. The minimum Gasteiger partial charge on any atom is -0.370 e. The van der Waals surface area contributed by atoms with Gasteiger partial charge in [0.05, 0.1) is 15.9 Å². The smallest absolute Gasteiger partial charge is 0.0837 e. The molecule has 0 radical (unpaired) electrons. The summed E-state index contributed by atoms with van der Waals surface area (Å²) >= 11 is 1.86. The van der Waals surface area contributed by atoms with E-state index in [1.165, 1.54) is 41.2 Å². The van der Waals surface area contributed by atoms with E-state index >= 15 is 0 Å². The molecule has 18 heavy (non-hydrogen) atoms. The molecule has 0 aliphatic carbocycles. The fourth-order valence-corrected chi connectivity index (χ4v) is 3.55. The second kappa shape index (κ2) is 5.11. The lowest BCUT2D eigenvalue weighted by Gasteiger charge is -2.17. The van der Waals surface area contributed by atoms with Gasteiger partial charge in [-0.3, -0.25) is 4.98 Å². The standard InChI is InChI=1S/C15H18N2S/c1-2-3-6-12-11-13-15(18-12)14(7-8-16-13)17-9-4-5-10-17/h3,6-8,11H,2,4-5,9-10H2,1H3/b6-3+. The van der Waals surface area contributed by atoms with Crippen LogP contribution in [-0.4, -0.2) is 18.1 Å². The minimum absolute atomic E-state index is 1.08. The molecule has 0 aromatic carbocycles. The van der Waals surface area contributed by atoms with Gasteiger partial charge in [-0.05, 0) is 37.5 Å². The molecule has 3 heteroatoms. The normalized spacial score (nSPS) is 16.2. The van der Waals surface area contributed by atoms with E-state index in [-0.39, 0.29) is 0 Å². The molecule has 3 rings (SSSR count). The number of allylic oxidation sites excluding steroid dienone is 1. The Morgan fingerprint density at radius 2 is 2.22 bits per heavy atom. The number of aromatic nitrogens is 1. The fraction of sp³-hybridized carbons (Fsp3) is 0.400. The third kappa shape index (κ3) is 2.15. The third-order valence-corrected chi connectivity index (χ3v) is 4.49. The van der Waals surface area contributed by atoms with E-state index in [2.05, 4.69) is 41.1 Å². The monoisotopic (exact) mass is 258 g/mol. The highest BCUT2D eigenvalue weighted by molar-refractivity contribution is 7.20. The molecule has 2 aromatic rings. The molecule has 2 aromatic heterocycles. The topological polar surface area (TPSA) is 16.1 Å². The maximum absolute atomic E-state index is 4.49. The maximum Gasteiger partial charge on any atom is 0.0837 e. The van der Waals surface area contributed by atoms with Gasteiger partial charge in [-0.15, -0.1) is 11.3 Å². The number of thiophene rings is 1. The highest BCUT2D eigenvalue weighted by Crippen LogP contribution is 2.34. The second-order valence-electron chi connectivity index (χ2n) is 4.70. The van der Waals surface area contributed by atoms with Crippen LogP contribution in [0.2, 0.25) is 0 Å². The first-order valence-electron chi connectivity index (χ1n) is 6.68. The Hall–Kier alpha value is -1.35. The van der Waals surface area contributed by atoms with Crippen LogP contribution in [-0.2, 0) is 0 Å². The molecule has 2 nitrogen and oxygen atoms in total. The lowest BCUT2D eigenvalue weighted by atomic mass is 10.3. The number of hydrogen-bond acceptors (Lipinski definition) is 3. The SMILES string of the molecule is CC/C=C/c1cc2nccc(N3CCCC3)c2s1. The maximum atomic E-state index is 4.49. The average Bonchev–Trinajstić information content (AvgIpc) is 3.04. The molecule has 1 saturated heterocycles. The van der Waals surface area contributed by atoms with Crippen LogP contribution in [0.4, 0.5) is 5.69 Å². The highest BCUT2D eigenvalue weighted by Gasteiger charge is 2.16. The lowest BCUT2D eigenvalue weighted by molar-refractivity contribution is 0.949. The van der Waals surface area contributed by atoms with Gasteiger partial charge in [-0.1, -0.05) is 13.0 Å². The van der Waals surface area contributed by atoms with E-state index in [9.17, 15) is 0 Å². The van der Waals surface area contributed by atoms with Gasteiger partial charge in [-0.2, -0.15) is 0 Å². The summed E-state index contributed by atoms with van der Waals surface area (Å²) in [7, 11) is 0. The second-order valence-corrected chi connectivity index (χ2v) is 5.78. The molecule has 0 bridgehead atoms. The van der Waals surface area contributed by atoms with Gasteiger partial charge in [0, 0.05) is 24.2 Å². The first-order valence-corrected chi connectivity index (χ1v) is 7.50. The molecule has 1 fully saturated rings. The average molecular weight is 258 g/mol. The van der Waals surface area contributed by atoms with Crippen molar-refractivity contribution < 1.29 is 0 Å². The van der Waals surface area contributed by atoms with Gasteiger partial charge in [0.25, 0.3) is 0 Å². The van der Waals surface area contributed by atoms with Gasteiger partial charge in [0.2, 0.25) is 0 Å². The van der Waals surface area contributed by atoms with Crippen LogP contribution in [0.25, 0.3) is 16.3 Å². The van der Waals surface area contributed by atoms with Crippen molar-refractivity contribution in [1.29, 1.82) is 0 Å². The van der Waals surface area contributed by atoms with Gasteiger partial charge in [0.15, 0.2) is 0 Å². The molecular formula is C15H18N2S. The van der Waals surface area contributed by atoms with Crippen molar-refractivity contribution in [2.75, 3.05) is 18.0 Å². The molecule has 0 unspecified atom stereocenters. The summed E-state index contributed by atoms with van der Waals surface area (Å²) < 4.78 is 1.34. The number of anilines is 1. The molecule has 0 saturated carbocycles. The number of fused-ring (bicyclic) bond motifs is 1. The van der Waals surface area contributed by atoms with Crippen molar-refractivity contribution in [3.63, 3.8) is 0 Å². The zero-order chi connectivity index (χ0) is 12.4. The fourth-order valence-electron chi connectivity index (χ4n) is 2.47. The summed E-state index contributed by atoms with van der Waals surface area (Å²) in [5.74, 6) is 0. The number of hydrogen-bond donors (Lipinski definition) is 0. The van der Waals surface area contributed by atoms with Crippen molar-refractivity contribution in [2.24, 2.45) is 0 Å². The molecule has 3 heterocycles. The van der Waals surface area contributed by atoms with Crippen LogP contribution in [0.5, 0.6) is 0 Å². The summed E-state index contributed by atoms with van der Waals surface area (Å²) in [5.41, 5.74) is 2.51. The van der Waals surface area contributed by atoms with Gasteiger partial charge in [0.1, 0.15) is 0 Å². The van der Waals surface area contributed by atoms with Gasteiger partial charge >= 0.3 is 0 Å². The predicted octanol–water partition coefficient (Wildman–Crippen LogP) is 4.32. The quantitative estimate of drug-likeness (QED) is 0.815. The van der Waals surface area contributed by atoms with E-state index in [0.29, 0.717) is 0 Å². The van der Waals surface area contributed by atoms with Crippen molar-refractivity contribution in [3.05, 3.63) is 29.3 Å². The van der Waals surface area contributed by atoms with Crippen LogP contribution in [0, 0.1) is 0 Å². The van der Waals surface area contributed by atoms with Crippen LogP contribution in [0.3, 0.4) is 0 Å². The Balaban J connectivity index is 2.03. The molecular weight excluding hydrogens is 240 g/mol. The molecule has 0 spiro atoms. The van der Waals surface area contributed by atoms with Crippen molar-refractivity contribution in [1.82, 2.24) is 4.98 Å². The van der Waals surface area contributed by atoms with Crippen molar-refractivity contribution >= 4 is 33.3 Å². The number of nitrogens with zero attached hydrogens (tertiary/aromatic N) is 2. The zero-order valence-electron chi connectivity index (χ0n) is 10.7. The Labute approximate surface area is 112 Å².